The van der Waals surface area contributed by atoms with Crippen LogP contribution in [-0.4, -0.2) is 41.1 Å². The summed E-state index contributed by atoms with van der Waals surface area (Å²) < 4.78 is 9.80. The molecule has 4 rings (SSSR count). The van der Waals surface area contributed by atoms with E-state index >= 15 is 0 Å². The zero-order valence-electron chi connectivity index (χ0n) is 17.3. The number of amides is 1. The van der Waals surface area contributed by atoms with Crippen LogP contribution in [0.3, 0.4) is 0 Å². The third-order valence-electron chi connectivity index (χ3n) is 5.63. The van der Waals surface area contributed by atoms with Crippen LogP contribution in [0.4, 0.5) is 0 Å². The molecule has 0 saturated carbocycles. The van der Waals surface area contributed by atoms with Crippen molar-refractivity contribution in [1.29, 1.82) is 0 Å². The molecule has 31 heavy (non-hydrogen) atoms. The number of nitrogens with one attached hydrogen (secondary N) is 1. The number of piperidine rings is 1. The summed E-state index contributed by atoms with van der Waals surface area (Å²) in [4.78, 5) is 28.5. The fourth-order valence-corrected chi connectivity index (χ4v) is 4.24. The van der Waals surface area contributed by atoms with E-state index in [1.807, 2.05) is 41.3 Å². The van der Waals surface area contributed by atoms with E-state index in [2.05, 4.69) is 14.7 Å². The van der Waals surface area contributed by atoms with E-state index in [-0.39, 0.29) is 5.91 Å². The summed E-state index contributed by atoms with van der Waals surface area (Å²) in [5.41, 5.74) is 2.89. The second kappa shape index (κ2) is 9.39. The highest BCUT2D eigenvalue weighted by atomic mass is 35.5. The van der Waals surface area contributed by atoms with Gasteiger partial charge in [-0.25, -0.2) is 4.79 Å². The van der Waals surface area contributed by atoms with E-state index in [1.54, 1.807) is 13.2 Å². The van der Waals surface area contributed by atoms with Gasteiger partial charge >= 0.3 is 5.76 Å². The Balaban J connectivity index is 1.36. The fourth-order valence-electron chi connectivity index (χ4n) is 4.05. The predicted molar refractivity (Wildman–Crippen MR) is 117 cm³/mol. The summed E-state index contributed by atoms with van der Waals surface area (Å²) in [7, 11) is 1.57. The second-order valence-corrected chi connectivity index (χ2v) is 8.25. The Morgan fingerprint density at radius 3 is 2.74 bits per heavy atom. The Morgan fingerprint density at radius 2 is 2.03 bits per heavy atom. The standard InChI is InChI=1S/C23H24ClN3O4/c1-30-20-12-16(6-9-19(20)24)13-21(28)27-10-2-3-17(14-27)11-15-4-7-18(8-5-15)22-25-23(29)31-26-22/h4-9,12,17H,2-3,10-11,13-14H2,1H3,(H,25,26,29). The van der Waals surface area contributed by atoms with Gasteiger partial charge in [0.25, 0.3) is 0 Å². The van der Waals surface area contributed by atoms with Gasteiger partial charge in [0, 0.05) is 18.7 Å². The van der Waals surface area contributed by atoms with Crippen molar-refractivity contribution >= 4 is 17.5 Å². The normalized spacial score (nSPS) is 16.3. The highest BCUT2D eigenvalue weighted by Gasteiger charge is 2.24. The van der Waals surface area contributed by atoms with Gasteiger partial charge in [-0.3, -0.25) is 14.3 Å². The van der Waals surface area contributed by atoms with E-state index in [9.17, 15) is 9.59 Å². The molecular weight excluding hydrogens is 418 g/mol. The Kier molecular flexibility index (Phi) is 6.42. The Hall–Kier alpha value is -3.06. The molecule has 8 heteroatoms. The zero-order chi connectivity index (χ0) is 21.8. The summed E-state index contributed by atoms with van der Waals surface area (Å²) in [6.07, 6.45) is 3.33. The second-order valence-electron chi connectivity index (χ2n) is 7.84. The number of halogens is 1. The zero-order valence-corrected chi connectivity index (χ0v) is 18.0. The van der Waals surface area contributed by atoms with Crippen molar-refractivity contribution in [2.24, 2.45) is 5.92 Å². The van der Waals surface area contributed by atoms with E-state index < -0.39 is 5.76 Å². The van der Waals surface area contributed by atoms with Crippen LogP contribution in [0.25, 0.3) is 11.4 Å². The topological polar surface area (TPSA) is 88.4 Å². The lowest BCUT2D eigenvalue weighted by atomic mass is 9.90. The number of nitrogens with zero attached hydrogens (tertiary/aromatic N) is 2. The highest BCUT2D eigenvalue weighted by molar-refractivity contribution is 6.32. The molecule has 1 aliphatic rings. The van der Waals surface area contributed by atoms with Gasteiger partial charge in [0.2, 0.25) is 5.91 Å². The largest absolute Gasteiger partial charge is 0.495 e. The van der Waals surface area contributed by atoms with E-state index in [1.165, 1.54) is 5.56 Å². The minimum Gasteiger partial charge on any atom is -0.495 e. The van der Waals surface area contributed by atoms with Crippen LogP contribution in [-0.2, 0) is 17.6 Å². The quantitative estimate of drug-likeness (QED) is 0.629. The van der Waals surface area contributed by atoms with Crippen LogP contribution in [0, 0.1) is 5.92 Å². The first-order valence-corrected chi connectivity index (χ1v) is 10.6. The number of rotatable bonds is 6. The maximum atomic E-state index is 12.9. The maximum Gasteiger partial charge on any atom is 0.439 e. The van der Waals surface area contributed by atoms with Crippen molar-refractivity contribution in [2.75, 3.05) is 20.2 Å². The van der Waals surface area contributed by atoms with Crippen molar-refractivity contribution in [3.63, 3.8) is 0 Å². The van der Waals surface area contributed by atoms with Crippen LogP contribution in [0.1, 0.15) is 24.0 Å². The lowest BCUT2D eigenvalue weighted by Crippen LogP contribution is -2.41. The molecule has 2 aromatic carbocycles. The van der Waals surface area contributed by atoms with Crippen molar-refractivity contribution in [2.45, 2.75) is 25.7 Å². The van der Waals surface area contributed by atoms with Crippen LogP contribution in [0.5, 0.6) is 5.75 Å². The molecule has 0 radical (unpaired) electrons. The first-order chi connectivity index (χ1) is 15.0. The lowest BCUT2D eigenvalue weighted by Gasteiger charge is -2.33. The van der Waals surface area contributed by atoms with Gasteiger partial charge in [-0.2, -0.15) is 0 Å². The van der Waals surface area contributed by atoms with Crippen molar-refractivity contribution in [3.8, 4) is 17.1 Å². The van der Waals surface area contributed by atoms with Gasteiger partial charge in [0.15, 0.2) is 5.82 Å². The SMILES string of the molecule is COc1cc(CC(=O)N2CCCC(Cc3ccc(-c4noc(=O)[nH]4)cc3)C2)ccc1Cl. The number of methoxy groups -OCH3 is 1. The van der Waals surface area contributed by atoms with E-state index in [4.69, 9.17) is 16.3 Å². The average Bonchev–Trinajstić information content (AvgIpc) is 3.22. The predicted octanol–water partition coefficient (Wildman–Crippen LogP) is 3.72. The molecule has 162 valence electrons. The smallest absolute Gasteiger partial charge is 0.439 e. The van der Waals surface area contributed by atoms with Gasteiger partial charge in [-0.1, -0.05) is 47.1 Å². The molecule has 3 aromatic rings. The number of benzene rings is 2. The van der Waals surface area contributed by atoms with E-state index in [0.717, 1.165) is 43.5 Å². The Morgan fingerprint density at radius 1 is 1.26 bits per heavy atom. The molecular formula is C23H24ClN3O4. The molecule has 0 bridgehead atoms. The van der Waals surface area contributed by atoms with Gasteiger partial charge in [-0.15, -0.1) is 0 Å². The third kappa shape index (κ3) is 5.17. The molecule has 1 unspecified atom stereocenters. The van der Waals surface area contributed by atoms with Gasteiger partial charge < -0.3 is 9.64 Å². The number of hydrogen-bond donors (Lipinski definition) is 1. The Labute approximate surface area is 185 Å². The van der Waals surface area contributed by atoms with Gasteiger partial charge in [0.1, 0.15) is 5.75 Å². The van der Waals surface area contributed by atoms with Crippen molar-refractivity contribution < 1.29 is 14.1 Å². The van der Waals surface area contributed by atoms with Crippen LogP contribution < -0.4 is 10.5 Å². The van der Waals surface area contributed by atoms with Gasteiger partial charge in [-0.05, 0) is 48.4 Å². The summed E-state index contributed by atoms with van der Waals surface area (Å²) in [6.45, 7) is 1.54. The van der Waals surface area contributed by atoms with Crippen molar-refractivity contribution in [1.82, 2.24) is 15.0 Å². The average molecular weight is 442 g/mol. The molecule has 0 spiro atoms. The molecule has 0 aliphatic carbocycles. The molecule has 1 aromatic heterocycles. The molecule has 1 atom stereocenters. The molecule has 1 saturated heterocycles. The molecule has 2 heterocycles. The molecule has 7 nitrogen and oxygen atoms in total. The molecule has 1 fully saturated rings. The number of aromatic nitrogens is 2. The first-order valence-electron chi connectivity index (χ1n) is 10.3. The van der Waals surface area contributed by atoms with E-state index in [0.29, 0.717) is 28.9 Å². The molecule has 1 amide bonds. The minimum atomic E-state index is -0.567. The Bertz CT molecular complexity index is 1110. The minimum absolute atomic E-state index is 0.124. The number of hydrogen-bond acceptors (Lipinski definition) is 5. The number of H-pyrrole nitrogens is 1. The van der Waals surface area contributed by atoms with Crippen LogP contribution in [0.2, 0.25) is 5.02 Å². The number of aromatic amines is 1. The molecule has 1 aliphatic heterocycles. The van der Waals surface area contributed by atoms with Crippen LogP contribution >= 0.6 is 11.6 Å². The number of ether oxygens (including phenoxy) is 1. The number of likely N-dealkylation sites (tertiary alicyclic amines) is 1. The third-order valence-corrected chi connectivity index (χ3v) is 5.95. The first kappa shape index (κ1) is 21.2. The summed E-state index contributed by atoms with van der Waals surface area (Å²) in [5.74, 6) is 0.976. The lowest BCUT2D eigenvalue weighted by molar-refractivity contribution is -0.132. The van der Waals surface area contributed by atoms with Crippen molar-refractivity contribution in [3.05, 3.63) is 69.2 Å². The highest BCUT2D eigenvalue weighted by Crippen LogP contribution is 2.26. The van der Waals surface area contributed by atoms with Crippen LogP contribution in [0.15, 0.2) is 51.8 Å². The van der Waals surface area contributed by atoms with Gasteiger partial charge in [0.05, 0.1) is 18.6 Å². The summed E-state index contributed by atoms with van der Waals surface area (Å²) in [6, 6.07) is 13.4. The molecule has 1 N–H and O–H groups in total. The maximum absolute atomic E-state index is 12.9. The summed E-state index contributed by atoms with van der Waals surface area (Å²) in [5, 5.41) is 4.25. The monoisotopic (exact) mass is 441 g/mol. The fraction of sp³-hybridized carbons (Fsp3) is 0.348. The number of carbonyl (C=O) groups is 1. The summed E-state index contributed by atoms with van der Waals surface area (Å²) >= 11 is 6.08. The number of carbonyl (C=O) groups excluding carboxylic acids is 1.